The van der Waals surface area contributed by atoms with Crippen LogP contribution in [-0.4, -0.2) is 53.7 Å². The fourth-order valence-corrected chi connectivity index (χ4v) is 6.27. The number of ether oxygens (including phenoxy) is 1. The lowest BCUT2D eigenvalue weighted by molar-refractivity contribution is 0.0112. The summed E-state index contributed by atoms with van der Waals surface area (Å²) in [5.41, 5.74) is 3.19. The number of halogens is 1. The van der Waals surface area contributed by atoms with Gasteiger partial charge in [-0.05, 0) is 43.7 Å². The first-order valence-electron chi connectivity index (χ1n) is 13.1. The molecule has 2 aromatic rings. The van der Waals surface area contributed by atoms with E-state index in [1.807, 2.05) is 12.1 Å². The average Bonchev–Trinajstić information content (AvgIpc) is 3.42. The molecular weight excluding hydrogens is 564 g/mol. The molecule has 1 aromatic carbocycles. The van der Waals surface area contributed by atoms with Gasteiger partial charge in [-0.2, -0.15) is 10.2 Å². The molecule has 2 N–H and O–H groups in total. The molecule has 0 aliphatic carbocycles. The number of hydrogen-bond donors (Lipinski definition) is 2. The Morgan fingerprint density at radius 2 is 2.07 bits per heavy atom. The standard InChI is InChI=1S/C28H27ClN8O3S/c1-28(2,16-30)18-6-7-31-19(11-18)15-41(38,39)36-23-5-3-4-21(24(23)29)22-10-17-12-33-27(34-20-13-40-14-20)35-25(17)37-9-8-32-26(22)37/h3-7,10-12,20,32,36H,8-9,13-15H2,1-2H3. The van der Waals surface area contributed by atoms with Crippen LogP contribution in [0.15, 0.2) is 53.8 Å². The number of anilines is 2. The van der Waals surface area contributed by atoms with Crippen molar-refractivity contribution in [2.75, 3.05) is 29.8 Å². The lowest BCUT2D eigenvalue weighted by atomic mass is 9.87. The van der Waals surface area contributed by atoms with Crippen LogP contribution in [0.2, 0.25) is 5.02 Å². The predicted octanol–water partition coefficient (Wildman–Crippen LogP) is 3.57. The molecule has 0 unspecified atom stereocenters. The van der Waals surface area contributed by atoms with Crippen molar-refractivity contribution < 1.29 is 13.2 Å². The molecule has 210 valence electrons. The molecular formula is C28H27ClN8O3S. The molecule has 0 saturated carbocycles. The van der Waals surface area contributed by atoms with E-state index in [0.717, 1.165) is 22.8 Å². The van der Waals surface area contributed by atoms with Crippen molar-refractivity contribution in [3.63, 3.8) is 0 Å². The summed E-state index contributed by atoms with van der Waals surface area (Å²) in [5.74, 6) is 1.21. The van der Waals surface area contributed by atoms with E-state index in [4.69, 9.17) is 21.3 Å². The van der Waals surface area contributed by atoms with Crippen LogP contribution in [0.3, 0.4) is 0 Å². The van der Waals surface area contributed by atoms with E-state index in [9.17, 15) is 13.7 Å². The van der Waals surface area contributed by atoms with E-state index in [0.29, 0.717) is 48.7 Å². The summed E-state index contributed by atoms with van der Waals surface area (Å²) in [7, 11) is -3.88. The zero-order chi connectivity index (χ0) is 28.8. The van der Waals surface area contributed by atoms with Gasteiger partial charge >= 0.3 is 0 Å². The summed E-state index contributed by atoms with van der Waals surface area (Å²) in [6.07, 6.45) is 3.26. The highest BCUT2D eigenvalue weighted by Gasteiger charge is 2.26. The minimum Gasteiger partial charge on any atom is -0.377 e. The number of benzene rings is 1. The second-order valence-electron chi connectivity index (χ2n) is 10.6. The number of nitrogens with zero attached hydrogens (tertiary/aromatic N) is 6. The number of pyridine rings is 2. The Kier molecular flexibility index (Phi) is 6.89. The topological polar surface area (TPSA) is 147 Å². The summed E-state index contributed by atoms with van der Waals surface area (Å²) in [6.45, 7) is 6.10. The molecule has 11 nitrogen and oxygen atoms in total. The van der Waals surface area contributed by atoms with Crippen LogP contribution in [0, 0.1) is 11.3 Å². The fraction of sp³-hybridized carbons (Fsp3) is 0.321. The van der Waals surface area contributed by atoms with Gasteiger partial charge in [0.2, 0.25) is 15.6 Å². The molecule has 4 aliphatic rings. The van der Waals surface area contributed by atoms with Crippen molar-refractivity contribution in [3.05, 3.63) is 70.7 Å². The summed E-state index contributed by atoms with van der Waals surface area (Å²) in [6, 6.07) is 12.8. The Bertz CT molecular complexity index is 1840. The molecule has 1 saturated heterocycles. The maximum atomic E-state index is 13.2. The summed E-state index contributed by atoms with van der Waals surface area (Å²) in [4.78, 5) is 17.9. The Morgan fingerprint density at radius 3 is 2.83 bits per heavy atom. The first-order valence-corrected chi connectivity index (χ1v) is 15.1. The molecule has 13 heteroatoms. The maximum Gasteiger partial charge on any atom is 0.247 e. The van der Waals surface area contributed by atoms with Crippen LogP contribution in [0.4, 0.5) is 11.5 Å². The fourth-order valence-electron chi connectivity index (χ4n) is 4.82. The number of sulfonamides is 1. The van der Waals surface area contributed by atoms with Gasteiger partial charge in [0.15, 0.2) is 0 Å². The monoisotopic (exact) mass is 590 g/mol. The van der Waals surface area contributed by atoms with Crippen molar-refractivity contribution in [2.24, 2.45) is 4.99 Å². The molecule has 4 aliphatic heterocycles. The highest BCUT2D eigenvalue weighted by atomic mass is 35.5. The largest absolute Gasteiger partial charge is 0.377 e. The zero-order valence-electron chi connectivity index (χ0n) is 22.4. The molecule has 5 heterocycles. The van der Waals surface area contributed by atoms with Gasteiger partial charge in [-0.3, -0.25) is 9.71 Å². The van der Waals surface area contributed by atoms with Gasteiger partial charge in [-0.1, -0.05) is 23.7 Å². The summed E-state index contributed by atoms with van der Waals surface area (Å²) < 4.78 is 36.2. The first kappa shape index (κ1) is 27.1. The molecule has 0 amide bonds. The third-order valence-electron chi connectivity index (χ3n) is 7.12. The van der Waals surface area contributed by atoms with Crippen molar-refractivity contribution >= 4 is 33.1 Å². The number of nitriles is 1. The van der Waals surface area contributed by atoms with E-state index < -0.39 is 15.4 Å². The van der Waals surface area contributed by atoms with E-state index in [1.54, 1.807) is 44.3 Å². The van der Waals surface area contributed by atoms with Crippen LogP contribution >= 0.6 is 11.6 Å². The van der Waals surface area contributed by atoms with Crippen LogP contribution in [0.1, 0.15) is 25.1 Å². The lowest BCUT2D eigenvalue weighted by Gasteiger charge is -2.21. The maximum absolute atomic E-state index is 13.2. The van der Waals surface area contributed by atoms with Gasteiger partial charge in [0.1, 0.15) is 23.4 Å². The smallest absolute Gasteiger partial charge is 0.247 e. The number of rotatable bonds is 7. The van der Waals surface area contributed by atoms with Gasteiger partial charge in [-0.25, -0.2) is 18.4 Å². The normalized spacial score (nSPS) is 15.7. The lowest BCUT2D eigenvalue weighted by Crippen LogP contribution is -2.34. The molecule has 41 heavy (non-hydrogen) atoms. The highest BCUT2D eigenvalue weighted by molar-refractivity contribution is 7.91. The number of hydrogen-bond acceptors (Lipinski definition) is 9. The Morgan fingerprint density at radius 1 is 1.24 bits per heavy atom. The zero-order valence-corrected chi connectivity index (χ0v) is 24.0. The number of fused-ring (bicyclic) bond motifs is 3. The average molecular weight is 591 g/mol. The van der Waals surface area contributed by atoms with Crippen LogP contribution in [-0.2, 0) is 32.5 Å². The Balaban J connectivity index is 1.33. The van der Waals surface area contributed by atoms with Gasteiger partial charge < -0.3 is 14.6 Å². The minimum atomic E-state index is -3.88. The van der Waals surface area contributed by atoms with Gasteiger partial charge in [0.05, 0.1) is 41.1 Å². The number of nitrogens with one attached hydrogen (secondary N) is 2. The minimum absolute atomic E-state index is 0.0809. The van der Waals surface area contributed by atoms with Crippen molar-refractivity contribution in [1.29, 1.82) is 5.26 Å². The SMILES string of the molecule is CC(C)(C#N)c1ccnc(CS(=O)(=O)Nc2cccc(-c3cc4cnc(=NC5COC5)nc-4n4c3NCC4)c2Cl)c1. The Hall–Kier alpha value is -4.05. The summed E-state index contributed by atoms with van der Waals surface area (Å²) in [5, 5.41) is 13.1. The van der Waals surface area contributed by atoms with Gasteiger partial charge in [0.25, 0.3) is 0 Å². The van der Waals surface area contributed by atoms with Crippen LogP contribution < -0.4 is 15.7 Å². The first-order chi connectivity index (χ1) is 19.6. The van der Waals surface area contributed by atoms with E-state index >= 15 is 0 Å². The molecule has 1 aromatic heterocycles. The van der Waals surface area contributed by atoms with Crippen molar-refractivity contribution in [3.8, 4) is 28.6 Å². The second-order valence-corrected chi connectivity index (χ2v) is 12.7. The quantitative estimate of drug-likeness (QED) is 0.332. The molecule has 0 bridgehead atoms. The molecule has 0 radical (unpaired) electrons. The molecule has 6 rings (SSSR count). The van der Waals surface area contributed by atoms with Crippen LogP contribution in [0.5, 0.6) is 0 Å². The van der Waals surface area contributed by atoms with Crippen LogP contribution in [0.25, 0.3) is 22.5 Å². The second kappa shape index (κ2) is 10.4. The summed E-state index contributed by atoms with van der Waals surface area (Å²) >= 11 is 6.84. The van der Waals surface area contributed by atoms with E-state index in [2.05, 4.69) is 35.6 Å². The van der Waals surface area contributed by atoms with Crippen molar-refractivity contribution in [2.45, 2.75) is 37.6 Å². The van der Waals surface area contributed by atoms with E-state index in [1.165, 1.54) is 6.20 Å². The molecule has 1 fully saturated rings. The van der Waals surface area contributed by atoms with Gasteiger partial charge in [-0.15, -0.1) is 0 Å². The molecule has 0 spiro atoms. The van der Waals surface area contributed by atoms with Gasteiger partial charge in [0, 0.05) is 42.2 Å². The molecule has 0 atom stereocenters. The third-order valence-corrected chi connectivity index (χ3v) is 8.73. The van der Waals surface area contributed by atoms with Crippen molar-refractivity contribution in [1.82, 2.24) is 19.5 Å². The van der Waals surface area contributed by atoms with E-state index in [-0.39, 0.29) is 22.5 Å². The Labute approximate surface area is 242 Å². The number of aromatic nitrogens is 4. The third kappa shape index (κ3) is 5.36. The predicted molar refractivity (Wildman–Crippen MR) is 155 cm³/mol. The highest BCUT2D eigenvalue weighted by Crippen LogP contribution is 2.42.